The van der Waals surface area contributed by atoms with Crippen molar-refractivity contribution in [2.75, 3.05) is 0 Å². The molecule has 0 aliphatic rings. The number of benzene rings is 2. The molecule has 2 aromatic carbocycles. The van der Waals surface area contributed by atoms with Gasteiger partial charge in [0.2, 0.25) is 0 Å². The molecular weight excluding hydrogens is 416 g/mol. The minimum atomic E-state index is 0.0994. The van der Waals surface area contributed by atoms with Crippen LogP contribution in [0.4, 0.5) is 0 Å². The van der Waals surface area contributed by atoms with Crippen molar-refractivity contribution in [3.63, 3.8) is 0 Å². The van der Waals surface area contributed by atoms with Gasteiger partial charge in [-0.25, -0.2) is 0 Å². The first-order valence-corrected chi connectivity index (χ1v) is 11.6. The topological polar surface area (TPSA) is 35.6 Å². The average Bonchev–Trinajstić information content (AvgIpc) is 3.40. The second-order valence-electron chi connectivity index (χ2n) is 8.94. The number of aryl methyl sites for hydroxylation is 2. The lowest BCUT2D eigenvalue weighted by Crippen LogP contribution is -2.14. The van der Waals surface area contributed by atoms with Gasteiger partial charge in [-0.2, -0.15) is 0 Å². The zero-order valence-corrected chi connectivity index (χ0v) is 19.3. The molecule has 0 spiro atoms. The first-order chi connectivity index (χ1) is 16.7. The fraction of sp³-hybridized carbons (Fsp3) is 0.133. The lowest BCUT2D eigenvalue weighted by Gasteiger charge is -2.28. The molecule has 2 atom stereocenters. The summed E-state index contributed by atoms with van der Waals surface area (Å²) in [5.74, 6) is 0.199. The summed E-state index contributed by atoms with van der Waals surface area (Å²) in [6.45, 7) is 0. The van der Waals surface area contributed by atoms with Crippen LogP contribution in [0.25, 0.3) is 21.8 Å². The number of hydrogen-bond donors (Lipinski definition) is 0. The maximum absolute atomic E-state index is 4.33. The van der Waals surface area contributed by atoms with Crippen LogP contribution in [-0.2, 0) is 14.1 Å². The van der Waals surface area contributed by atoms with Gasteiger partial charge in [-0.3, -0.25) is 9.97 Å². The Morgan fingerprint density at radius 2 is 0.912 bits per heavy atom. The maximum Gasteiger partial charge on any atom is 0.0480 e. The fourth-order valence-electron chi connectivity index (χ4n) is 5.49. The summed E-state index contributed by atoms with van der Waals surface area (Å²) >= 11 is 0. The number of hydrogen-bond acceptors (Lipinski definition) is 2. The summed E-state index contributed by atoms with van der Waals surface area (Å²) in [5.41, 5.74) is 7.62. The van der Waals surface area contributed by atoms with Gasteiger partial charge >= 0.3 is 0 Å². The van der Waals surface area contributed by atoms with E-state index in [4.69, 9.17) is 0 Å². The van der Waals surface area contributed by atoms with Crippen molar-refractivity contribution in [3.8, 4) is 0 Å². The van der Waals surface area contributed by atoms with E-state index < -0.39 is 0 Å². The summed E-state index contributed by atoms with van der Waals surface area (Å²) in [6.07, 6.45) is 12.2. The zero-order valence-electron chi connectivity index (χ0n) is 19.3. The summed E-state index contributed by atoms with van der Waals surface area (Å²) in [6, 6.07) is 26.0. The Hall–Kier alpha value is -4.18. The Morgan fingerprint density at radius 3 is 1.32 bits per heavy atom. The van der Waals surface area contributed by atoms with E-state index in [1.807, 2.05) is 24.8 Å². The van der Waals surface area contributed by atoms with Crippen LogP contribution in [0.2, 0.25) is 0 Å². The Kier molecular flexibility index (Phi) is 4.99. The molecule has 0 saturated heterocycles. The van der Waals surface area contributed by atoms with Crippen LogP contribution in [0.1, 0.15) is 34.1 Å². The Bertz CT molecular complexity index is 1460. The normalized spacial score (nSPS) is 13.4. The van der Waals surface area contributed by atoms with Gasteiger partial charge in [-0.05, 0) is 58.7 Å². The molecule has 0 aliphatic carbocycles. The standard InChI is InChI=1S/C30H26N4/c1-33-19-25(23-7-3-5-9-27(23)33)29(21-11-15-31-16-12-21)30(22-13-17-32-18-14-22)26-20-34(2)28-10-6-4-8-24(26)28/h3-20,29-30H,1-2H3. The van der Waals surface area contributed by atoms with Crippen molar-refractivity contribution in [2.45, 2.75) is 11.8 Å². The van der Waals surface area contributed by atoms with E-state index in [0.717, 1.165) is 0 Å². The van der Waals surface area contributed by atoms with Gasteiger partial charge in [-0.1, -0.05) is 36.4 Å². The third-order valence-electron chi connectivity index (χ3n) is 6.99. The van der Waals surface area contributed by atoms with Crippen LogP contribution >= 0.6 is 0 Å². The van der Waals surface area contributed by atoms with Gasteiger partial charge in [0.25, 0.3) is 0 Å². The third-order valence-corrected chi connectivity index (χ3v) is 6.99. The van der Waals surface area contributed by atoms with Crippen LogP contribution in [0, 0.1) is 0 Å². The molecule has 0 amide bonds. The van der Waals surface area contributed by atoms with E-state index in [0.29, 0.717) is 0 Å². The molecule has 0 radical (unpaired) electrons. The molecule has 34 heavy (non-hydrogen) atoms. The molecule has 0 fully saturated rings. The second kappa shape index (κ2) is 8.31. The van der Waals surface area contributed by atoms with Gasteiger partial charge in [0, 0.05) is 84.9 Å². The number of para-hydroxylation sites is 2. The van der Waals surface area contributed by atoms with E-state index >= 15 is 0 Å². The molecule has 4 nitrogen and oxygen atoms in total. The first-order valence-electron chi connectivity index (χ1n) is 11.6. The molecule has 0 bridgehead atoms. The van der Waals surface area contributed by atoms with Crippen molar-refractivity contribution in [3.05, 3.63) is 132 Å². The molecule has 4 heterocycles. The van der Waals surface area contributed by atoms with Crippen molar-refractivity contribution < 1.29 is 0 Å². The van der Waals surface area contributed by atoms with Crippen molar-refractivity contribution in [2.24, 2.45) is 14.1 Å². The molecule has 0 saturated carbocycles. The molecule has 2 unspecified atom stereocenters. The monoisotopic (exact) mass is 442 g/mol. The molecule has 166 valence electrons. The van der Waals surface area contributed by atoms with E-state index in [-0.39, 0.29) is 11.8 Å². The predicted molar refractivity (Wildman–Crippen MR) is 138 cm³/mol. The summed E-state index contributed by atoms with van der Waals surface area (Å²) in [5, 5.41) is 2.57. The largest absolute Gasteiger partial charge is 0.350 e. The lowest BCUT2D eigenvalue weighted by molar-refractivity contribution is 0.694. The van der Waals surface area contributed by atoms with E-state index in [9.17, 15) is 0 Å². The molecular formula is C30H26N4. The number of aromatic nitrogens is 4. The number of fused-ring (bicyclic) bond motifs is 2. The van der Waals surface area contributed by atoms with E-state index in [1.54, 1.807) is 0 Å². The Balaban J connectivity index is 1.69. The zero-order chi connectivity index (χ0) is 23.1. The molecule has 6 aromatic rings. The van der Waals surface area contributed by atoms with Crippen LogP contribution in [0.5, 0.6) is 0 Å². The highest BCUT2D eigenvalue weighted by Crippen LogP contribution is 2.47. The van der Waals surface area contributed by atoms with Crippen LogP contribution in [0.3, 0.4) is 0 Å². The fourth-order valence-corrected chi connectivity index (χ4v) is 5.49. The third kappa shape index (κ3) is 3.30. The van der Waals surface area contributed by atoms with Crippen molar-refractivity contribution in [1.82, 2.24) is 19.1 Å². The Labute approximate surface area is 199 Å². The van der Waals surface area contributed by atoms with Gasteiger partial charge < -0.3 is 9.13 Å². The lowest BCUT2D eigenvalue weighted by atomic mass is 9.74. The predicted octanol–water partition coefficient (Wildman–Crippen LogP) is 6.42. The maximum atomic E-state index is 4.33. The molecule has 0 aliphatic heterocycles. The van der Waals surface area contributed by atoms with Crippen molar-refractivity contribution in [1.29, 1.82) is 0 Å². The minimum absolute atomic E-state index is 0.0994. The van der Waals surface area contributed by atoms with E-state index in [1.165, 1.54) is 44.1 Å². The van der Waals surface area contributed by atoms with Crippen LogP contribution in [0.15, 0.2) is 110 Å². The van der Waals surface area contributed by atoms with Crippen LogP contribution in [-0.4, -0.2) is 19.1 Å². The second-order valence-corrected chi connectivity index (χ2v) is 8.94. The average molecular weight is 443 g/mol. The number of pyridine rings is 2. The van der Waals surface area contributed by atoms with E-state index in [2.05, 4.69) is 118 Å². The number of rotatable bonds is 5. The smallest absolute Gasteiger partial charge is 0.0480 e. The highest BCUT2D eigenvalue weighted by molar-refractivity contribution is 5.87. The molecule has 4 aromatic heterocycles. The number of nitrogens with zero attached hydrogens (tertiary/aromatic N) is 4. The molecule has 4 heteroatoms. The Morgan fingerprint density at radius 1 is 0.529 bits per heavy atom. The molecule has 0 N–H and O–H groups in total. The first kappa shape index (κ1) is 20.4. The van der Waals surface area contributed by atoms with Gasteiger partial charge in [0.15, 0.2) is 0 Å². The quantitative estimate of drug-likeness (QED) is 0.309. The van der Waals surface area contributed by atoms with Gasteiger partial charge in [0.05, 0.1) is 0 Å². The highest BCUT2D eigenvalue weighted by atomic mass is 14.9. The summed E-state index contributed by atoms with van der Waals surface area (Å²) in [7, 11) is 4.27. The summed E-state index contributed by atoms with van der Waals surface area (Å²) < 4.78 is 4.48. The SMILES string of the molecule is Cn1cc(C(c2ccncc2)C(c2ccncc2)c2cn(C)c3ccccc23)c2ccccc21. The minimum Gasteiger partial charge on any atom is -0.350 e. The summed E-state index contributed by atoms with van der Waals surface area (Å²) in [4.78, 5) is 8.66. The van der Waals surface area contributed by atoms with Gasteiger partial charge in [-0.15, -0.1) is 0 Å². The van der Waals surface area contributed by atoms with Gasteiger partial charge in [0.1, 0.15) is 0 Å². The van der Waals surface area contributed by atoms with Crippen LogP contribution < -0.4 is 0 Å². The molecule has 6 rings (SSSR count). The van der Waals surface area contributed by atoms with Crippen molar-refractivity contribution >= 4 is 21.8 Å². The highest BCUT2D eigenvalue weighted by Gasteiger charge is 2.32.